The summed E-state index contributed by atoms with van der Waals surface area (Å²) < 4.78 is 50.8. The largest absolute Gasteiger partial charge is 0.416 e. The summed E-state index contributed by atoms with van der Waals surface area (Å²) in [6.07, 6.45) is -4.15. The van der Waals surface area contributed by atoms with Crippen LogP contribution in [0.25, 0.3) is 0 Å². The second-order valence-corrected chi connectivity index (χ2v) is 4.91. The minimum Gasteiger partial charge on any atom is -0.207 e. The molecular formula is C15H11ClF4. The van der Waals surface area contributed by atoms with E-state index < -0.39 is 17.1 Å². The van der Waals surface area contributed by atoms with Crippen LogP contribution >= 0.6 is 11.6 Å². The summed E-state index contributed by atoms with van der Waals surface area (Å²) in [6, 6.07) is 10.8. The summed E-state index contributed by atoms with van der Waals surface area (Å²) in [6.45, 7) is 0. The molecule has 0 aliphatic carbocycles. The van der Waals surface area contributed by atoms with Crippen molar-refractivity contribution in [3.8, 4) is 0 Å². The topological polar surface area (TPSA) is 0 Å². The van der Waals surface area contributed by atoms with Crippen LogP contribution in [-0.2, 0) is 12.6 Å². The Hall–Kier alpha value is -1.55. The standard InChI is InChI=1S/C15H11ClF4/c16-13(9-11-3-1-2-4-14(11)17)10-5-7-12(8-6-10)15(18,19)20/h1-8,13H,9H2. The Morgan fingerprint density at radius 3 is 2.10 bits per heavy atom. The molecule has 1 atom stereocenters. The molecule has 2 aromatic rings. The fourth-order valence-corrected chi connectivity index (χ4v) is 2.17. The van der Waals surface area contributed by atoms with Crippen molar-refractivity contribution in [1.29, 1.82) is 0 Å². The molecule has 5 heteroatoms. The van der Waals surface area contributed by atoms with Crippen molar-refractivity contribution in [2.24, 2.45) is 0 Å². The zero-order valence-corrected chi connectivity index (χ0v) is 11.0. The molecule has 2 aromatic carbocycles. The number of halogens is 5. The SMILES string of the molecule is Fc1ccccc1CC(Cl)c1ccc(C(F)(F)F)cc1. The number of rotatable bonds is 3. The summed E-state index contributed by atoms with van der Waals surface area (Å²) in [7, 11) is 0. The van der Waals surface area contributed by atoms with Crippen molar-refractivity contribution in [2.75, 3.05) is 0 Å². The van der Waals surface area contributed by atoms with E-state index in [0.29, 0.717) is 11.1 Å². The first kappa shape index (κ1) is 14.9. The Kier molecular flexibility index (Phi) is 4.33. The first-order valence-corrected chi connectivity index (χ1v) is 6.36. The third kappa shape index (κ3) is 3.51. The first-order chi connectivity index (χ1) is 9.38. The normalized spacial score (nSPS) is 13.2. The summed E-state index contributed by atoms with van der Waals surface area (Å²) in [4.78, 5) is 0. The molecule has 0 fully saturated rings. The quantitative estimate of drug-likeness (QED) is 0.528. The van der Waals surface area contributed by atoms with Crippen molar-refractivity contribution in [3.05, 3.63) is 71.0 Å². The van der Waals surface area contributed by atoms with Gasteiger partial charge in [0, 0.05) is 0 Å². The highest BCUT2D eigenvalue weighted by atomic mass is 35.5. The second-order valence-electron chi connectivity index (χ2n) is 4.38. The van der Waals surface area contributed by atoms with Gasteiger partial charge in [0.25, 0.3) is 0 Å². The van der Waals surface area contributed by atoms with E-state index in [1.807, 2.05) is 0 Å². The molecule has 0 amide bonds. The lowest BCUT2D eigenvalue weighted by Gasteiger charge is -2.12. The summed E-state index contributed by atoms with van der Waals surface area (Å²) in [5.41, 5.74) is 0.242. The molecule has 0 N–H and O–H groups in total. The lowest BCUT2D eigenvalue weighted by Crippen LogP contribution is -2.05. The molecule has 0 saturated heterocycles. The molecule has 2 rings (SSSR count). The summed E-state index contributed by atoms with van der Waals surface area (Å²) in [5.74, 6) is -0.370. The van der Waals surface area contributed by atoms with Crippen LogP contribution in [0.3, 0.4) is 0 Å². The number of hydrogen-bond acceptors (Lipinski definition) is 0. The van der Waals surface area contributed by atoms with Gasteiger partial charge in [-0.05, 0) is 35.7 Å². The molecule has 0 aromatic heterocycles. The number of benzene rings is 2. The lowest BCUT2D eigenvalue weighted by molar-refractivity contribution is -0.137. The molecule has 0 spiro atoms. The van der Waals surface area contributed by atoms with Gasteiger partial charge >= 0.3 is 6.18 Å². The average molecular weight is 303 g/mol. The van der Waals surface area contributed by atoms with Gasteiger partial charge in [-0.1, -0.05) is 30.3 Å². The highest BCUT2D eigenvalue weighted by molar-refractivity contribution is 6.20. The van der Waals surface area contributed by atoms with E-state index in [9.17, 15) is 17.6 Å². The molecule has 20 heavy (non-hydrogen) atoms. The monoisotopic (exact) mass is 302 g/mol. The number of alkyl halides is 4. The van der Waals surface area contributed by atoms with Gasteiger partial charge in [-0.2, -0.15) is 13.2 Å². The predicted molar refractivity (Wildman–Crippen MR) is 70.1 cm³/mol. The molecule has 1 unspecified atom stereocenters. The first-order valence-electron chi connectivity index (χ1n) is 5.92. The van der Waals surface area contributed by atoms with Gasteiger partial charge in [0.05, 0.1) is 10.9 Å². The predicted octanol–water partition coefficient (Wildman–Crippen LogP) is 5.37. The van der Waals surface area contributed by atoms with E-state index in [0.717, 1.165) is 12.1 Å². The molecule has 0 heterocycles. The molecular weight excluding hydrogens is 292 g/mol. The smallest absolute Gasteiger partial charge is 0.207 e. The van der Waals surface area contributed by atoms with Gasteiger partial charge in [0.1, 0.15) is 5.82 Å². The zero-order chi connectivity index (χ0) is 14.8. The Bertz CT molecular complexity index is 575. The van der Waals surface area contributed by atoms with Gasteiger partial charge in [0.15, 0.2) is 0 Å². The molecule has 0 bridgehead atoms. The third-order valence-corrected chi connectivity index (χ3v) is 3.36. The number of hydrogen-bond donors (Lipinski definition) is 0. The van der Waals surface area contributed by atoms with Crippen LogP contribution in [0.4, 0.5) is 17.6 Å². The fraction of sp³-hybridized carbons (Fsp3) is 0.200. The highest BCUT2D eigenvalue weighted by Crippen LogP contribution is 2.32. The lowest BCUT2D eigenvalue weighted by atomic mass is 10.0. The molecule has 0 radical (unpaired) electrons. The van der Waals surface area contributed by atoms with Crippen molar-refractivity contribution in [3.63, 3.8) is 0 Å². The van der Waals surface area contributed by atoms with E-state index >= 15 is 0 Å². The third-order valence-electron chi connectivity index (χ3n) is 2.96. The van der Waals surface area contributed by atoms with Crippen LogP contribution in [0.15, 0.2) is 48.5 Å². The van der Waals surface area contributed by atoms with Crippen LogP contribution in [-0.4, -0.2) is 0 Å². The molecule has 0 aliphatic heterocycles. The molecule has 0 aliphatic rings. The Balaban J connectivity index is 2.14. The second kappa shape index (κ2) is 5.83. The van der Waals surface area contributed by atoms with Gasteiger partial charge in [-0.15, -0.1) is 11.6 Å². The van der Waals surface area contributed by atoms with Crippen LogP contribution in [0.5, 0.6) is 0 Å². The van der Waals surface area contributed by atoms with E-state index in [-0.39, 0.29) is 12.2 Å². The van der Waals surface area contributed by atoms with E-state index in [1.165, 1.54) is 18.2 Å². The van der Waals surface area contributed by atoms with E-state index in [1.54, 1.807) is 18.2 Å². The molecule has 0 saturated carbocycles. The van der Waals surface area contributed by atoms with Crippen LogP contribution in [0, 0.1) is 5.82 Å². The van der Waals surface area contributed by atoms with Gasteiger partial charge in [-0.3, -0.25) is 0 Å². The maximum atomic E-state index is 13.5. The fourth-order valence-electron chi connectivity index (χ4n) is 1.86. The minimum atomic E-state index is -4.37. The Morgan fingerprint density at radius 1 is 0.950 bits per heavy atom. The molecule has 0 nitrogen and oxygen atoms in total. The Morgan fingerprint density at radius 2 is 1.55 bits per heavy atom. The van der Waals surface area contributed by atoms with Gasteiger partial charge in [0.2, 0.25) is 0 Å². The van der Waals surface area contributed by atoms with Crippen LogP contribution in [0.2, 0.25) is 0 Å². The van der Waals surface area contributed by atoms with Crippen molar-refractivity contribution >= 4 is 11.6 Å². The van der Waals surface area contributed by atoms with Crippen LogP contribution < -0.4 is 0 Å². The van der Waals surface area contributed by atoms with Crippen molar-refractivity contribution in [2.45, 2.75) is 18.0 Å². The van der Waals surface area contributed by atoms with Crippen LogP contribution in [0.1, 0.15) is 22.1 Å². The zero-order valence-electron chi connectivity index (χ0n) is 10.3. The molecule has 106 valence electrons. The average Bonchev–Trinajstić information content (AvgIpc) is 2.40. The minimum absolute atomic E-state index is 0.222. The maximum Gasteiger partial charge on any atom is 0.416 e. The highest BCUT2D eigenvalue weighted by Gasteiger charge is 2.30. The van der Waals surface area contributed by atoms with Gasteiger partial charge in [-0.25, -0.2) is 4.39 Å². The van der Waals surface area contributed by atoms with E-state index in [4.69, 9.17) is 11.6 Å². The van der Waals surface area contributed by atoms with Gasteiger partial charge < -0.3 is 0 Å². The summed E-state index contributed by atoms with van der Waals surface area (Å²) >= 11 is 6.13. The van der Waals surface area contributed by atoms with Crippen molar-refractivity contribution in [1.82, 2.24) is 0 Å². The van der Waals surface area contributed by atoms with Crippen molar-refractivity contribution < 1.29 is 17.6 Å². The van der Waals surface area contributed by atoms with E-state index in [2.05, 4.69) is 0 Å². The maximum absolute atomic E-state index is 13.5. The summed E-state index contributed by atoms with van der Waals surface area (Å²) in [5, 5.41) is -0.575. The Labute approximate surface area is 119 Å².